The summed E-state index contributed by atoms with van der Waals surface area (Å²) in [4.78, 5) is 7.50. The van der Waals surface area contributed by atoms with E-state index in [4.69, 9.17) is 0 Å². The van der Waals surface area contributed by atoms with E-state index in [1.54, 1.807) is 11.3 Å². The second-order valence-electron chi connectivity index (χ2n) is 3.80. The summed E-state index contributed by atoms with van der Waals surface area (Å²) < 4.78 is 0. The molecule has 0 spiro atoms. The van der Waals surface area contributed by atoms with Gasteiger partial charge in [-0.25, -0.2) is 4.98 Å². The third-order valence-electron chi connectivity index (χ3n) is 2.85. The van der Waals surface area contributed by atoms with Crippen molar-refractivity contribution in [1.29, 1.82) is 0 Å². The molecule has 1 aliphatic rings. The van der Waals surface area contributed by atoms with Crippen molar-refractivity contribution in [2.75, 3.05) is 6.54 Å². The molecule has 1 aliphatic heterocycles. The highest BCUT2D eigenvalue weighted by atomic mass is 79.9. The van der Waals surface area contributed by atoms with E-state index >= 15 is 0 Å². The number of aromatic nitrogens is 1. The van der Waals surface area contributed by atoms with Crippen molar-refractivity contribution in [2.24, 2.45) is 0 Å². The molecule has 4 heteroatoms. The van der Waals surface area contributed by atoms with Gasteiger partial charge in [0.15, 0.2) is 0 Å². The molecule has 1 aromatic rings. The van der Waals surface area contributed by atoms with E-state index < -0.39 is 0 Å². The van der Waals surface area contributed by atoms with Gasteiger partial charge in [-0.2, -0.15) is 0 Å². The minimum Gasteiger partial charge on any atom is -0.293 e. The van der Waals surface area contributed by atoms with Crippen LogP contribution >= 0.6 is 27.3 Å². The summed E-state index contributed by atoms with van der Waals surface area (Å²) in [5.41, 5.74) is 0. The van der Waals surface area contributed by atoms with Crippen LogP contribution in [-0.2, 0) is 6.54 Å². The van der Waals surface area contributed by atoms with Crippen molar-refractivity contribution in [3.8, 4) is 0 Å². The molecule has 2 nitrogen and oxygen atoms in total. The largest absolute Gasteiger partial charge is 0.293 e. The highest BCUT2D eigenvalue weighted by molar-refractivity contribution is 9.09. The third-order valence-corrected chi connectivity index (χ3v) is 4.83. The van der Waals surface area contributed by atoms with Gasteiger partial charge in [-0.05, 0) is 26.3 Å². The number of thiazole rings is 1. The molecule has 0 saturated carbocycles. The predicted molar refractivity (Wildman–Crippen MR) is 63.9 cm³/mol. The molecule has 2 heterocycles. The molecule has 1 aromatic heterocycles. The Morgan fingerprint density at radius 2 is 2.57 bits per heavy atom. The summed E-state index contributed by atoms with van der Waals surface area (Å²) in [6.45, 7) is 4.52. The smallest absolute Gasteiger partial charge is 0.107 e. The van der Waals surface area contributed by atoms with E-state index in [1.807, 2.05) is 6.20 Å². The Balaban J connectivity index is 1.97. The average molecular weight is 275 g/mol. The van der Waals surface area contributed by atoms with Crippen molar-refractivity contribution < 1.29 is 0 Å². The maximum atomic E-state index is 4.33. The fraction of sp³-hybridized carbons (Fsp3) is 0.700. The number of hydrogen-bond donors (Lipinski definition) is 0. The van der Waals surface area contributed by atoms with Crippen LogP contribution in [0.4, 0.5) is 0 Å². The molecule has 0 N–H and O–H groups in total. The lowest BCUT2D eigenvalue weighted by Gasteiger charge is -2.36. The van der Waals surface area contributed by atoms with Crippen molar-refractivity contribution in [2.45, 2.75) is 37.2 Å². The topological polar surface area (TPSA) is 16.1 Å². The number of piperidine rings is 1. The Morgan fingerprint density at radius 3 is 3.29 bits per heavy atom. The molecule has 1 fully saturated rings. The molecule has 0 amide bonds. The van der Waals surface area contributed by atoms with Crippen LogP contribution < -0.4 is 0 Å². The van der Waals surface area contributed by atoms with Gasteiger partial charge in [-0.1, -0.05) is 15.9 Å². The summed E-state index contributed by atoms with van der Waals surface area (Å²) in [5.74, 6) is 0. The maximum Gasteiger partial charge on any atom is 0.107 e. The van der Waals surface area contributed by atoms with Gasteiger partial charge < -0.3 is 0 Å². The summed E-state index contributed by atoms with van der Waals surface area (Å²) in [6, 6.07) is 0.632. The lowest BCUT2D eigenvalue weighted by molar-refractivity contribution is 0.160. The van der Waals surface area contributed by atoms with Gasteiger partial charge >= 0.3 is 0 Å². The fourth-order valence-electron chi connectivity index (χ4n) is 1.89. The number of nitrogens with zero attached hydrogens (tertiary/aromatic N) is 2. The zero-order valence-electron chi connectivity index (χ0n) is 8.32. The molecular weight excluding hydrogens is 260 g/mol. The quantitative estimate of drug-likeness (QED) is 0.771. The van der Waals surface area contributed by atoms with Crippen LogP contribution in [0.15, 0.2) is 11.6 Å². The highest BCUT2D eigenvalue weighted by Gasteiger charge is 2.26. The number of hydrogen-bond acceptors (Lipinski definition) is 3. The summed E-state index contributed by atoms with van der Waals surface area (Å²) in [7, 11) is 0. The molecule has 0 bridgehead atoms. The fourth-order valence-corrected chi connectivity index (χ4v) is 3.19. The average Bonchev–Trinajstić information content (AvgIpc) is 2.66. The van der Waals surface area contributed by atoms with E-state index in [0.717, 1.165) is 6.54 Å². The van der Waals surface area contributed by atoms with E-state index in [0.29, 0.717) is 10.9 Å². The highest BCUT2D eigenvalue weighted by Crippen LogP contribution is 2.25. The first-order chi connectivity index (χ1) is 6.77. The molecule has 0 aliphatic carbocycles. The molecular formula is C10H15BrN2S. The van der Waals surface area contributed by atoms with Crippen LogP contribution in [0.25, 0.3) is 0 Å². The minimum absolute atomic E-state index is 0.632. The standard InChI is InChI=1S/C10H15BrN2S/c1-8-9(11)3-2-5-13(8)7-10-12-4-6-14-10/h4,6,8-9H,2-3,5,7H2,1H3. The van der Waals surface area contributed by atoms with E-state index in [-0.39, 0.29) is 0 Å². The summed E-state index contributed by atoms with van der Waals surface area (Å²) in [5, 5.41) is 3.29. The second kappa shape index (κ2) is 4.73. The van der Waals surface area contributed by atoms with Crippen LogP contribution in [0.2, 0.25) is 0 Å². The van der Waals surface area contributed by atoms with Gasteiger partial charge in [-0.3, -0.25) is 4.90 Å². The van der Waals surface area contributed by atoms with Gasteiger partial charge in [0.2, 0.25) is 0 Å². The van der Waals surface area contributed by atoms with E-state index in [1.165, 1.54) is 24.4 Å². The first-order valence-electron chi connectivity index (χ1n) is 5.04. The Hall–Kier alpha value is 0.0700. The summed E-state index contributed by atoms with van der Waals surface area (Å²) in [6.07, 6.45) is 4.49. The Bertz CT molecular complexity index is 276. The number of rotatable bonds is 2. The monoisotopic (exact) mass is 274 g/mol. The van der Waals surface area contributed by atoms with Crippen LogP contribution in [0.1, 0.15) is 24.8 Å². The molecule has 2 rings (SSSR count). The molecule has 78 valence electrons. The van der Waals surface area contributed by atoms with E-state index in [9.17, 15) is 0 Å². The molecule has 0 radical (unpaired) electrons. The van der Waals surface area contributed by atoms with Gasteiger partial charge in [-0.15, -0.1) is 11.3 Å². The van der Waals surface area contributed by atoms with Gasteiger partial charge in [0.25, 0.3) is 0 Å². The van der Waals surface area contributed by atoms with Gasteiger partial charge in [0, 0.05) is 22.4 Å². The lowest BCUT2D eigenvalue weighted by Crippen LogP contribution is -2.43. The summed E-state index contributed by atoms with van der Waals surface area (Å²) >= 11 is 5.49. The number of likely N-dealkylation sites (tertiary alicyclic amines) is 1. The SMILES string of the molecule is CC1C(Br)CCCN1Cc1nccs1. The lowest BCUT2D eigenvalue weighted by atomic mass is 10.0. The van der Waals surface area contributed by atoms with Crippen molar-refractivity contribution in [1.82, 2.24) is 9.88 Å². The molecule has 1 saturated heterocycles. The van der Waals surface area contributed by atoms with Crippen molar-refractivity contribution in [3.63, 3.8) is 0 Å². The zero-order valence-corrected chi connectivity index (χ0v) is 10.7. The second-order valence-corrected chi connectivity index (χ2v) is 5.95. The Kier molecular flexibility index (Phi) is 3.57. The first kappa shape index (κ1) is 10.6. The molecule has 2 unspecified atom stereocenters. The molecule has 0 aromatic carbocycles. The number of halogens is 1. The number of alkyl halides is 1. The Morgan fingerprint density at radius 1 is 1.71 bits per heavy atom. The normalized spacial score (nSPS) is 29.3. The molecule has 14 heavy (non-hydrogen) atoms. The van der Waals surface area contributed by atoms with Crippen LogP contribution in [-0.4, -0.2) is 27.3 Å². The van der Waals surface area contributed by atoms with E-state index in [2.05, 4.69) is 38.1 Å². The Labute approximate surface area is 97.5 Å². The zero-order chi connectivity index (χ0) is 9.97. The van der Waals surface area contributed by atoms with Crippen LogP contribution in [0.3, 0.4) is 0 Å². The molecule has 2 atom stereocenters. The maximum absolute atomic E-state index is 4.33. The van der Waals surface area contributed by atoms with Crippen LogP contribution in [0, 0.1) is 0 Å². The van der Waals surface area contributed by atoms with Gasteiger partial charge in [0.05, 0.1) is 6.54 Å². The van der Waals surface area contributed by atoms with Crippen molar-refractivity contribution in [3.05, 3.63) is 16.6 Å². The first-order valence-corrected chi connectivity index (χ1v) is 6.83. The van der Waals surface area contributed by atoms with Crippen LogP contribution in [0.5, 0.6) is 0 Å². The third kappa shape index (κ3) is 2.35. The predicted octanol–water partition coefficient (Wildman–Crippen LogP) is 2.89. The van der Waals surface area contributed by atoms with Crippen molar-refractivity contribution >= 4 is 27.3 Å². The minimum atomic E-state index is 0.632. The van der Waals surface area contributed by atoms with Gasteiger partial charge in [0.1, 0.15) is 5.01 Å².